The van der Waals surface area contributed by atoms with E-state index in [1.807, 2.05) is 24.3 Å². The Morgan fingerprint density at radius 1 is 1.32 bits per heavy atom. The lowest BCUT2D eigenvalue weighted by molar-refractivity contribution is -0.119. The zero-order valence-electron chi connectivity index (χ0n) is 10.8. The third kappa shape index (κ3) is 4.73. The number of carbonyl (C=O) groups excluding carboxylic acids is 1. The van der Waals surface area contributed by atoms with Crippen LogP contribution in [0.1, 0.15) is 12.8 Å². The number of carbonyl (C=O) groups is 1. The first kappa shape index (κ1) is 14.2. The molecule has 1 amide bonds. The lowest BCUT2D eigenvalue weighted by atomic mass is 9.98. The van der Waals surface area contributed by atoms with Gasteiger partial charge in [-0.25, -0.2) is 0 Å². The van der Waals surface area contributed by atoms with Crippen molar-refractivity contribution in [2.24, 2.45) is 11.7 Å². The third-order valence-electron chi connectivity index (χ3n) is 3.39. The van der Waals surface area contributed by atoms with Crippen molar-refractivity contribution in [1.82, 2.24) is 4.90 Å². The first-order valence-electron chi connectivity index (χ1n) is 6.52. The number of likely N-dealkylation sites (tertiary alicyclic amines) is 1. The zero-order chi connectivity index (χ0) is 13.7. The van der Waals surface area contributed by atoms with Crippen molar-refractivity contribution in [3.8, 4) is 5.75 Å². The van der Waals surface area contributed by atoms with E-state index in [-0.39, 0.29) is 5.91 Å². The average molecular weight is 283 g/mol. The number of benzene rings is 1. The summed E-state index contributed by atoms with van der Waals surface area (Å²) in [5.74, 6) is 1.14. The number of hydrogen-bond donors (Lipinski definition) is 1. The second-order valence-electron chi connectivity index (χ2n) is 4.95. The van der Waals surface area contributed by atoms with E-state index in [4.69, 9.17) is 22.1 Å². The number of ether oxygens (including phenoxy) is 1. The molecule has 0 bridgehead atoms. The Balaban J connectivity index is 1.71. The third-order valence-corrected chi connectivity index (χ3v) is 3.64. The Labute approximate surface area is 118 Å². The van der Waals surface area contributed by atoms with Crippen LogP contribution in [-0.4, -0.2) is 37.0 Å². The van der Waals surface area contributed by atoms with E-state index in [1.54, 1.807) is 0 Å². The van der Waals surface area contributed by atoms with Crippen LogP contribution in [0.5, 0.6) is 5.75 Å². The molecule has 1 aliphatic heterocycles. The van der Waals surface area contributed by atoms with Gasteiger partial charge in [-0.3, -0.25) is 9.69 Å². The van der Waals surface area contributed by atoms with Crippen LogP contribution in [0.15, 0.2) is 24.3 Å². The maximum Gasteiger partial charge on any atom is 0.231 e. The summed E-state index contributed by atoms with van der Waals surface area (Å²) in [6.07, 6.45) is 2.09. The molecule has 0 unspecified atom stereocenters. The molecule has 1 aromatic rings. The number of hydrogen-bond acceptors (Lipinski definition) is 3. The summed E-state index contributed by atoms with van der Waals surface area (Å²) in [6.45, 7) is 2.91. The first-order chi connectivity index (χ1) is 9.13. The lowest BCUT2D eigenvalue weighted by Gasteiger charge is -2.30. The zero-order valence-corrected chi connectivity index (χ0v) is 11.6. The highest BCUT2D eigenvalue weighted by Crippen LogP contribution is 2.20. The number of nitrogens with zero attached hydrogens (tertiary/aromatic N) is 1. The van der Waals surface area contributed by atoms with Crippen molar-refractivity contribution >= 4 is 17.5 Å². The van der Waals surface area contributed by atoms with E-state index in [1.165, 1.54) is 0 Å². The van der Waals surface area contributed by atoms with Gasteiger partial charge in [-0.2, -0.15) is 0 Å². The van der Waals surface area contributed by atoms with Gasteiger partial charge in [0, 0.05) is 5.02 Å². The first-order valence-corrected chi connectivity index (χ1v) is 6.90. The molecule has 1 saturated heterocycles. The highest BCUT2D eigenvalue weighted by atomic mass is 35.5. The summed E-state index contributed by atoms with van der Waals surface area (Å²) in [4.78, 5) is 12.9. The maximum atomic E-state index is 10.8. The van der Waals surface area contributed by atoms with Gasteiger partial charge in [-0.1, -0.05) is 11.6 Å². The van der Waals surface area contributed by atoms with Crippen molar-refractivity contribution in [3.63, 3.8) is 0 Å². The Morgan fingerprint density at radius 3 is 2.53 bits per heavy atom. The number of primary amides is 1. The number of piperidine rings is 1. The highest BCUT2D eigenvalue weighted by Gasteiger charge is 2.20. The van der Waals surface area contributed by atoms with Crippen molar-refractivity contribution in [2.45, 2.75) is 12.8 Å². The van der Waals surface area contributed by atoms with Crippen molar-refractivity contribution in [2.75, 3.05) is 26.2 Å². The topological polar surface area (TPSA) is 55.6 Å². The van der Waals surface area contributed by atoms with Crippen LogP contribution < -0.4 is 10.5 Å². The summed E-state index contributed by atoms with van der Waals surface area (Å²) in [6, 6.07) is 7.41. The molecule has 2 N–H and O–H groups in total. The summed E-state index contributed by atoms with van der Waals surface area (Å²) >= 11 is 5.82. The quantitative estimate of drug-likeness (QED) is 0.898. The predicted molar refractivity (Wildman–Crippen MR) is 75.3 cm³/mol. The molecule has 1 aliphatic rings. The van der Waals surface area contributed by atoms with E-state index in [2.05, 4.69) is 4.90 Å². The van der Waals surface area contributed by atoms with Gasteiger partial charge < -0.3 is 10.5 Å². The fraction of sp³-hybridized carbons (Fsp3) is 0.500. The summed E-state index contributed by atoms with van der Waals surface area (Å²) in [5, 5.41) is 0.715. The van der Waals surface area contributed by atoms with Crippen LogP contribution in [0, 0.1) is 5.92 Å². The maximum absolute atomic E-state index is 10.8. The molecular weight excluding hydrogens is 264 g/mol. The van der Waals surface area contributed by atoms with Gasteiger partial charge in [-0.15, -0.1) is 0 Å². The van der Waals surface area contributed by atoms with Crippen molar-refractivity contribution in [3.05, 3.63) is 29.3 Å². The Hall–Kier alpha value is -1.26. The monoisotopic (exact) mass is 282 g/mol. The molecule has 19 heavy (non-hydrogen) atoms. The fourth-order valence-corrected chi connectivity index (χ4v) is 2.40. The van der Waals surface area contributed by atoms with Crippen LogP contribution in [-0.2, 0) is 4.79 Å². The van der Waals surface area contributed by atoms with Crippen molar-refractivity contribution in [1.29, 1.82) is 0 Å². The van der Waals surface area contributed by atoms with Crippen LogP contribution in [0.25, 0.3) is 0 Å². The second-order valence-corrected chi connectivity index (χ2v) is 5.39. The normalized spacial score (nSPS) is 17.3. The molecule has 0 aliphatic carbocycles. The van der Waals surface area contributed by atoms with Crippen LogP contribution in [0.4, 0.5) is 0 Å². The van der Waals surface area contributed by atoms with E-state index >= 15 is 0 Å². The van der Waals surface area contributed by atoms with Gasteiger partial charge in [0.25, 0.3) is 0 Å². The molecule has 104 valence electrons. The molecule has 0 spiro atoms. The highest BCUT2D eigenvalue weighted by molar-refractivity contribution is 6.30. The number of halogens is 1. The molecule has 5 heteroatoms. The largest absolute Gasteiger partial charge is 0.493 e. The molecule has 0 radical (unpaired) electrons. The van der Waals surface area contributed by atoms with Gasteiger partial charge in [0.05, 0.1) is 13.2 Å². The number of rotatable bonds is 5. The summed E-state index contributed by atoms with van der Waals surface area (Å²) in [5.41, 5.74) is 5.19. The number of nitrogens with two attached hydrogens (primary N) is 1. The van der Waals surface area contributed by atoms with Gasteiger partial charge in [0.15, 0.2) is 0 Å². The van der Waals surface area contributed by atoms with E-state index in [0.29, 0.717) is 24.1 Å². The van der Waals surface area contributed by atoms with Gasteiger partial charge >= 0.3 is 0 Å². The molecule has 2 rings (SSSR count). The smallest absolute Gasteiger partial charge is 0.231 e. The molecule has 0 saturated carbocycles. The van der Waals surface area contributed by atoms with Crippen molar-refractivity contribution < 1.29 is 9.53 Å². The van der Waals surface area contributed by atoms with E-state index in [0.717, 1.165) is 31.7 Å². The van der Waals surface area contributed by atoms with Crippen LogP contribution >= 0.6 is 11.6 Å². The Kier molecular flexibility index (Phi) is 5.05. The Bertz CT molecular complexity index is 414. The van der Waals surface area contributed by atoms with E-state index < -0.39 is 0 Å². The second kappa shape index (κ2) is 6.78. The minimum atomic E-state index is -0.254. The molecule has 1 fully saturated rings. The predicted octanol–water partition coefficient (Wildman–Crippen LogP) is 1.92. The van der Waals surface area contributed by atoms with Gasteiger partial charge in [0.2, 0.25) is 5.91 Å². The van der Waals surface area contributed by atoms with Crippen LogP contribution in [0.3, 0.4) is 0 Å². The minimum Gasteiger partial charge on any atom is -0.493 e. The number of amides is 1. The molecule has 1 aromatic carbocycles. The lowest BCUT2D eigenvalue weighted by Crippen LogP contribution is -2.40. The van der Waals surface area contributed by atoms with Gasteiger partial charge in [0.1, 0.15) is 5.75 Å². The molecule has 0 atom stereocenters. The molecule has 0 aromatic heterocycles. The fourth-order valence-electron chi connectivity index (χ4n) is 2.28. The van der Waals surface area contributed by atoms with E-state index in [9.17, 15) is 4.79 Å². The molecule has 1 heterocycles. The summed E-state index contributed by atoms with van der Waals surface area (Å²) in [7, 11) is 0. The van der Waals surface area contributed by atoms with Gasteiger partial charge in [-0.05, 0) is 56.1 Å². The standard InChI is InChI=1S/C14H19ClN2O2/c15-12-1-3-13(4-2-12)19-10-11-5-7-17(8-6-11)9-14(16)18/h1-4,11H,5-10H2,(H2,16,18). The molecular formula is C14H19ClN2O2. The SMILES string of the molecule is NC(=O)CN1CCC(COc2ccc(Cl)cc2)CC1. The molecule has 4 nitrogen and oxygen atoms in total. The van der Waals surface area contributed by atoms with Crippen LogP contribution in [0.2, 0.25) is 5.02 Å². The minimum absolute atomic E-state index is 0.254. The average Bonchev–Trinajstić information content (AvgIpc) is 2.39. The Morgan fingerprint density at radius 2 is 1.95 bits per heavy atom. The summed E-state index contributed by atoms with van der Waals surface area (Å²) < 4.78 is 5.75.